The van der Waals surface area contributed by atoms with E-state index >= 15 is 0 Å². The van der Waals surface area contributed by atoms with Crippen LogP contribution < -0.4 is 0 Å². The summed E-state index contributed by atoms with van der Waals surface area (Å²) in [5.74, 6) is -0.423. The summed E-state index contributed by atoms with van der Waals surface area (Å²) in [4.78, 5) is 12.2. The van der Waals surface area contributed by atoms with E-state index in [9.17, 15) is 9.18 Å². The van der Waals surface area contributed by atoms with Crippen LogP contribution in [0.1, 0.15) is 24.8 Å². The van der Waals surface area contributed by atoms with Crippen molar-refractivity contribution in [1.82, 2.24) is 0 Å². The SMILES string of the molecule is O=C(Cc1c(F)cccc1Cl)C1CC2CCC1O2. The van der Waals surface area contributed by atoms with Crippen LogP contribution in [0.2, 0.25) is 5.02 Å². The first kappa shape index (κ1) is 12.1. The van der Waals surface area contributed by atoms with Gasteiger partial charge in [-0.2, -0.15) is 0 Å². The molecule has 2 nitrogen and oxygen atoms in total. The Morgan fingerprint density at radius 1 is 1.44 bits per heavy atom. The lowest BCUT2D eigenvalue weighted by molar-refractivity contribution is -0.123. The van der Waals surface area contributed by atoms with E-state index in [2.05, 4.69) is 0 Å². The first-order valence-electron chi connectivity index (χ1n) is 6.26. The topological polar surface area (TPSA) is 26.3 Å². The molecule has 0 aliphatic carbocycles. The van der Waals surface area contributed by atoms with Crippen LogP contribution in [0.25, 0.3) is 0 Å². The molecular weight excluding hydrogens is 255 g/mol. The van der Waals surface area contributed by atoms with Gasteiger partial charge < -0.3 is 4.74 Å². The van der Waals surface area contributed by atoms with Gasteiger partial charge in [0.1, 0.15) is 11.6 Å². The van der Waals surface area contributed by atoms with E-state index in [0.717, 1.165) is 19.3 Å². The van der Waals surface area contributed by atoms with Crippen LogP contribution in [-0.2, 0) is 16.0 Å². The van der Waals surface area contributed by atoms with Gasteiger partial charge in [-0.05, 0) is 31.4 Å². The molecule has 4 heteroatoms. The van der Waals surface area contributed by atoms with Gasteiger partial charge in [-0.1, -0.05) is 17.7 Å². The van der Waals surface area contributed by atoms with Crippen molar-refractivity contribution in [1.29, 1.82) is 0 Å². The Balaban J connectivity index is 1.75. The van der Waals surface area contributed by atoms with Gasteiger partial charge in [0.2, 0.25) is 0 Å². The Kier molecular flexibility index (Phi) is 3.12. The molecule has 0 saturated carbocycles. The second-order valence-electron chi connectivity index (χ2n) is 5.06. The van der Waals surface area contributed by atoms with Crippen molar-refractivity contribution in [2.24, 2.45) is 5.92 Å². The molecule has 0 amide bonds. The largest absolute Gasteiger partial charge is 0.374 e. The fourth-order valence-electron chi connectivity index (χ4n) is 2.98. The van der Waals surface area contributed by atoms with E-state index in [-0.39, 0.29) is 30.3 Å². The smallest absolute Gasteiger partial charge is 0.143 e. The molecule has 2 fully saturated rings. The zero-order chi connectivity index (χ0) is 12.7. The summed E-state index contributed by atoms with van der Waals surface area (Å²) in [7, 11) is 0. The van der Waals surface area contributed by atoms with Crippen LogP contribution in [0.3, 0.4) is 0 Å². The molecule has 1 aromatic carbocycles. The third-order valence-corrected chi connectivity index (χ3v) is 4.29. The average Bonchev–Trinajstić information content (AvgIpc) is 2.96. The predicted octanol–water partition coefficient (Wildman–Crippen LogP) is 3.16. The van der Waals surface area contributed by atoms with Crippen LogP contribution in [0.15, 0.2) is 18.2 Å². The summed E-state index contributed by atoms with van der Waals surface area (Å²) in [5, 5.41) is 0.326. The number of carbonyl (C=O) groups excluding carboxylic acids is 1. The molecule has 3 atom stereocenters. The summed E-state index contributed by atoms with van der Waals surface area (Å²) in [6, 6.07) is 4.50. The quantitative estimate of drug-likeness (QED) is 0.842. The Morgan fingerprint density at radius 2 is 2.28 bits per heavy atom. The van der Waals surface area contributed by atoms with E-state index < -0.39 is 5.82 Å². The lowest BCUT2D eigenvalue weighted by atomic mass is 9.84. The first-order valence-corrected chi connectivity index (χ1v) is 6.64. The minimum absolute atomic E-state index is 0.0491. The Labute approximate surface area is 110 Å². The minimum atomic E-state index is -0.403. The van der Waals surface area contributed by atoms with Crippen LogP contribution >= 0.6 is 11.6 Å². The predicted molar refractivity (Wildman–Crippen MR) is 66.1 cm³/mol. The molecule has 0 aromatic heterocycles. The molecule has 96 valence electrons. The van der Waals surface area contributed by atoms with Gasteiger partial charge in [0.05, 0.1) is 12.2 Å². The van der Waals surface area contributed by atoms with Gasteiger partial charge in [0, 0.05) is 22.9 Å². The Hall–Kier alpha value is -0.930. The summed E-state index contributed by atoms with van der Waals surface area (Å²) < 4.78 is 19.3. The molecule has 2 aliphatic rings. The van der Waals surface area contributed by atoms with Crippen molar-refractivity contribution in [2.45, 2.75) is 37.9 Å². The summed E-state index contributed by atoms with van der Waals surface area (Å²) in [6.45, 7) is 0. The minimum Gasteiger partial charge on any atom is -0.374 e. The molecule has 18 heavy (non-hydrogen) atoms. The zero-order valence-corrected chi connectivity index (χ0v) is 10.6. The molecule has 2 saturated heterocycles. The summed E-state index contributed by atoms with van der Waals surface area (Å²) in [6.07, 6.45) is 3.15. The normalized spacial score (nSPS) is 29.8. The van der Waals surface area contributed by atoms with E-state index in [1.165, 1.54) is 6.07 Å². The van der Waals surface area contributed by atoms with Crippen molar-refractivity contribution in [3.8, 4) is 0 Å². The third-order valence-electron chi connectivity index (χ3n) is 3.93. The van der Waals surface area contributed by atoms with Crippen molar-refractivity contribution < 1.29 is 13.9 Å². The van der Waals surface area contributed by atoms with Crippen LogP contribution in [-0.4, -0.2) is 18.0 Å². The molecule has 0 spiro atoms. The maximum absolute atomic E-state index is 13.6. The maximum Gasteiger partial charge on any atom is 0.143 e. The molecule has 1 aromatic rings. The van der Waals surface area contributed by atoms with Crippen molar-refractivity contribution in [3.05, 3.63) is 34.6 Å². The fraction of sp³-hybridized carbons (Fsp3) is 0.500. The molecule has 2 bridgehead atoms. The number of rotatable bonds is 3. The third kappa shape index (κ3) is 2.06. The monoisotopic (exact) mass is 268 g/mol. The zero-order valence-electron chi connectivity index (χ0n) is 9.86. The number of hydrogen-bond donors (Lipinski definition) is 0. The first-order chi connectivity index (χ1) is 8.65. The van der Waals surface area contributed by atoms with E-state index in [0.29, 0.717) is 10.6 Å². The van der Waals surface area contributed by atoms with Gasteiger partial charge in [0.25, 0.3) is 0 Å². The molecule has 0 radical (unpaired) electrons. The van der Waals surface area contributed by atoms with Crippen molar-refractivity contribution >= 4 is 17.4 Å². The van der Waals surface area contributed by atoms with Gasteiger partial charge in [0.15, 0.2) is 0 Å². The lowest BCUT2D eigenvalue weighted by Crippen LogP contribution is -2.27. The van der Waals surface area contributed by atoms with Crippen molar-refractivity contribution in [2.75, 3.05) is 0 Å². The molecule has 3 rings (SSSR count). The number of hydrogen-bond acceptors (Lipinski definition) is 2. The highest BCUT2D eigenvalue weighted by molar-refractivity contribution is 6.31. The standard InChI is InChI=1S/C14H14ClFO2/c15-11-2-1-3-12(16)9(11)7-13(17)10-6-8-4-5-14(10)18-8/h1-3,8,10,14H,4-7H2. The second kappa shape index (κ2) is 4.63. The highest BCUT2D eigenvalue weighted by Gasteiger charge is 2.44. The number of halogens is 2. The van der Waals surface area contributed by atoms with E-state index in [1.54, 1.807) is 12.1 Å². The van der Waals surface area contributed by atoms with E-state index in [4.69, 9.17) is 16.3 Å². The fourth-order valence-corrected chi connectivity index (χ4v) is 3.21. The summed E-state index contributed by atoms with van der Waals surface area (Å²) in [5.41, 5.74) is 0.312. The van der Waals surface area contributed by atoms with Gasteiger partial charge >= 0.3 is 0 Å². The van der Waals surface area contributed by atoms with Gasteiger partial charge in [-0.25, -0.2) is 4.39 Å². The lowest BCUT2D eigenvalue weighted by Gasteiger charge is -2.17. The molecule has 0 N–H and O–H groups in total. The number of ether oxygens (including phenoxy) is 1. The van der Waals surface area contributed by atoms with Gasteiger partial charge in [-0.3, -0.25) is 4.79 Å². The van der Waals surface area contributed by atoms with Crippen LogP contribution in [0.4, 0.5) is 4.39 Å². The number of ketones is 1. The average molecular weight is 269 g/mol. The molecule has 3 unspecified atom stereocenters. The highest BCUT2D eigenvalue weighted by atomic mass is 35.5. The number of benzene rings is 1. The maximum atomic E-state index is 13.6. The Morgan fingerprint density at radius 3 is 2.89 bits per heavy atom. The number of carbonyl (C=O) groups is 1. The van der Waals surface area contributed by atoms with Crippen molar-refractivity contribution in [3.63, 3.8) is 0 Å². The highest BCUT2D eigenvalue weighted by Crippen LogP contribution is 2.39. The molecule has 2 heterocycles. The molecule has 2 aliphatic heterocycles. The molecular formula is C14H14ClFO2. The Bertz CT molecular complexity index is 468. The summed E-state index contributed by atoms with van der Waals surface area (Å²) >= 11 is 5.94. The number of Topliss-reactive ketones (excluding diaryl/α,β-unsaturated/α-hetero) is 1. The van der Waals surface area contributed by atoms with Crippen LogP contribution in [0, 0.1) is 11.7 Å². The van der Waals surface area contributed by atoms with Crippen LogP contribution in [0.5, 0.6) is 0 Å². The van der Waals surface area contributed by atoms with Gasteiger partial charge in [-0.15, -0.1) is 0 Å². The second-order valence-corrected chi connectivity index (χ2v) is 5.47. The van der Waals surface area contributed by atoms with E-state index in [1.807, 2.05) is 0 Å². The number of fused-ring (bicyclic) bond motifs is 2.